The Labute approximate surface area is 200 Å². The molecule has 0 atom stereocenters. The number of nitrogens with zero attached hydrogens (tertiary/aromatic N) is 3. The van der Waals surface area contributed by atoms with Crippen molar-refractivity contribution in [2.24, 2.45) is 0 Å². The van der Waals surface area contributed by atoms with Gasteiger partial charge in [-0.15, -0.1) is 0 Å². The van der Waals surface area contributed by atoms with Gasteiger partial charge in [-0.25, -0.2) is 4.79 Å². The van der Waals surface area contributed by atoms with Crippen molar-refractivity contribution in [3.63, 3.8) is 0 Å². The number of halogens is 1. The molecule has 1 saturated heterocycles. The minimum absolute atomic E-state index is 0.0247. The number of nitrogens with one attached hydrogen (secondary N) is 1. The second-order valence-electron chi connectivity index (χ2n) is 7.32. The van der Waals surface area contributed by atoms with Gasteiger partial charge in [-0.2, -0.15) is 0 Å². The van der Waals surface area contributed by atoms with E-state index in [9.17, 15) is 24.5 Å². The van der Waals surface area contributed by atoms with Crippen molar-refractivity contribution >= 4 is 41.3 Å². The number of carbonyl (C=O) groups is 3. The maximum Gasteiger partial charge on any atom is 0.409 e. The smallest absolute Gasteiger partial charge is 0.409 e. The van der Waals surface area contributed by atoms with E-state index >= 15 is 0 Å². The SMILES string of the molecule is CCOC(=O)N1CCN(C(=O)C(=Cc2ccc([N+](=O)[O-])cc2)NC(=O)c2ccccc2Cl)CC1. The largest absolute Gasteiger partial charge is 0.450 e. The first kappa shape index (κ1) is 24.7. The van der Waals surface area contributed by atoms with E-state index in [2.05, 4.69) is 5.32 Å². The molecule has 3 amide bonds. The van der Waals surface area contributed by atoms with E-state index in [4.69, 9.17) is 16.3 Å². The third-order valence-electron chi connectivity index (χ3n) is 5.10. The number of carbonyl (C=O) groups excluding carboxylic acids is 3. The Morgan fingerprint density at radius 1 is 1.06 bits per heavy atom. The number of amides is 3. The quantitative estimate of drug-likeness (QED) is 0.379. The molecule has 0 aliphatic carbocycles. The zero-order chi connectivity index (χ0) is 24.7. The zero-order valence-corrected chi connectivity index (χ0v) is 19.2. The molecule has 11 heteroatoms. The zero-order valence-electron chi connectivity index (χ0n) is 18.4. The highest BCUT2D eigenvalue weighted by Crippen LogP contribution is 2.18. The lowest BCUT2D eigenvalue weighted by atomic mass is 10.1. The second-order valence-corrected chi connectivity index (χ2v) is 7.73. The van der Waals surface area contributed by atoms with Gasteiger partial charge in [0.05, 0.1) is 22.1 Å². The lowest BCUT2D eigenvalue weighted by Gasteiger charge is -2.34. The molecule has 1 N–H and O–H groups in total. The van der Waals surface area contributed by atoms with E-state index in [1.54, 1.807) is 25.1 Å². The van der Waals surface area contributed by atoms with Crippen molar-refractivity contribution in [1.82, 2.24) is 15.1 Å². The fraction of sp³-hybridized carbons (Fsp3) is 0.261. The predicted molar refractivity (Wildman–Crippen MR) is 125 cm³/mol. The molecule has 1 fully saturated rings. The lowest BCUT2D eigenvalue weighted by molar-refractivity contribution is -0.384. The fourth-order valence-electron chi connectivity index (χ4n) is 3.32. The van der Waals surface area contributed by atoms with Crippen LogP contribution in [0.3, 0.4) is 0 Å². The van der Waals surface area contributed by atoms with Gasteiger partial charge in [0.1, 0.15) is 5.70 Å². The second kappa shape index (κ2) is 11.3. The first-order valence-electron chi connectivity index (χ1n) is 10.5. The Hall–Kier alpha value is -3.92. The molecule has 1 aliphatic heterocycles. The highest BCUT2D eigenvalue weighted by atomic mass is 35.5. The molecule has 0 saturated carbocycles. The molecule has 0 spiro atoms. The molecule has 10 nitrogen and oxygen atoms in total. The Morgan fingerprint density at radius 3 is 2.26 bits per heavy atom. The van der Waals surface area contributed by atoms with Crippen molar-refractivity contribution in [2.75, 3.05) is 32.8 Å². The summed E-state index contributed by atoms with van der Waals surface area (Å²) in [6, 6.07) is 12.0. The molecule has 0 radical (unpaired) electrons. The van der Waals surface area contributed by atoms with Crippen molar-refractivity contribution < 1.29 is 24.0 Å². The van der Waals surface area contributed by atoms with Gasteiger partial charge >= 0.3 is 6.09 Å². The molecule has 178 valence electrons. The average Bonchev–Trinajstić information content (AvgIpc) is 2.84. The first-order chi connectivity index (χ1) is 16.3. The van der Waals surface area contributed by atoms with Crippen LogP contribution in [0.1, 0.15) is 22.8 Å². The van der Waals surface area contributed by atoms with Gasteiger partial charge in [0.2, 0.25) is 0 Å². The fourth-order valence-corrected chi connectivity index (χ4v) is 3.54. The van der Waals surface area contributed by atoms with Crippen molar-refractivity contribution in [3.05, 3.63) is 80.5 Å². The number of rotatable bonds is 6. The van der Waals surface area contributed by atoms with E-state index in [0.717, 1.165) is 0 Å². The van der Waals surface area contributed by atoms with E-state index in [0.29, 0.717) is 5.56 Å². The number of piperazine rings is 1. The van der Waals surface area contributed by atoms with Crippen LogP contribution in [0.25, 0.3) is 6.08 Å². The number of nitro benzene ring substituents is 1. The third kappa shape index (κ3) is 6.10. The van der Waals surface area contributed by atoms with Gasteiger partial charge in [0.25, 0.3) is 17.5 Å². The van der Waals surface area contributed by atoms with Crippen LogP contribution in [0.15, 0.2) is 54.2 Å². The van der Waals surface area contributed by atoms with Crippen LogP contribution in [0.4, 0.5) is 10.5 Å². The van der Waals surface area contributed by atoms with Gasteiger partial charge < -0.3 is 19.9 Å². The number of hydrogen-bond acceptors (Lipinski definition) is 6. The van der Waals surface area contributed by atoms with Crippen molar-refractivity contribution in [3.8, 4) is 0 Å². The Balaban J connectivity index is 1.83. The van der Waals surface area contributed by atoms with Gasteiger partial charge in [-0.05, 0) is 42.8 Å². The first-order valence-corrected chi connectivity index (χ1v) is 10.9. The van der Waals surface area contributed by atoms with Gasteiger partial charge in [0.15, 0.2) is 0 Å². The summed E-state index contributed by atoms with van der Waals surface area (Å²) >= 11 is 6.12. The summed E-state index contributed by atoms with van der Waals surface area (Å²) in [7, 11) is 0. The minimum atomic E-state index is -0.572. The molecule has 1 aliphatic rings. The number of benzene rings is 2. The Morgan fingerprint density at radius 2 is 1.68 bits per heavy atom. The standard InChI is InChI=1S/C23H23ClN4O6/c1-2-34-23(31)27-13-11-26(12-14-27)22(30)20(15-16-7-9-17(10-8-16)28(32)33)25-21(29)18-5-3-4-6-19(18)24/h3-10,15H,2,11-14H2,1H3,(H,25,29). The Kier molecular flexibility index (Phi) is 8.20. The molecule has 0 aromatic heterocycles. The molecule has 2 aromatic carbocycles. The molecule has 0 unspecified atom stereocenters. The highest BCUT2D eigenvalue weighted by molar-refractivity contribution is 6.34. The number of ether oxygens (including phenoxy) is 1. The van der Waals surface area contributed by atoms with Crippen molar-refractivity contribution in [1.29, 1.82) is 0 Å². The van der Waals surface area contributed by atoms with Gasteiger partial charge in [-0.1, -0.05) is 23.7 Å². The summed E-state index contributed by atoms with van der Waals surface area (Å²) in [5.74, 6) is -1.03. The average molecular weight is 487 g/mol. The summed E-state index contributed by atoms with van der Waals surface area (Å²) in [6.45, 7) is 3.04. The van der Waals surface area contributed by atoms with Crippen LogP contribution in [0.5, 0.6) is 0 Å². The maximum absolute atomic E-state index is 13.3. The molecule has 1 heterocycles. The highest BCUT2D eigenvalue weighted by Gasteiger charge is 2.27. The number of non-ortho nitro benzene ring substituents is 1. The summed E-state index contributed by atoms with van der Waals surface area (Å²) in [6.07, 6.45) is 1.00. The normalized spacial score (nSPS) is 13.9. The van der Waals surface area contributed by atoms with E-state index in [-0.39, 0.29) is 54.8 Å². The maximum atomic E-state index is 13.3. The Bertz CT molecular complexity index is 1110. The van der Waals surface area contributed by atoms with Crippen LogP contribution in [0.2, 0.25) is 5.02 Å². The van der Waals surface area contributed by atoms with Crippen molar-refractivity contribution in [2.45, 2.75) is 6.92 Å². The number of hydrogen-bond donors (Lipinski definition) is 1. The van der Waals surface area contributed by atoms with E-state index < -0.39 is 22.8 Å². The molecular formula is C23H23ClN4O6. The molecule has 3 rings (SSSR count). The van der Waals surface area contributed by atoms with Crippen LogP contribution in [0, 0.1) is 10.1 Å². The summed E-state index contributed by atoms with van der Waals surface area (Å²) in [4.78, 5) is 51.5. The molecule has 34 heavy (non-hydrogen) atoms. The topological polar surface area (TPSA) is 122 Å². The van der Waals surface area contributed by atoms with Gasteiger partial charge in [0, 0.05) is 38.3 Å². The van der Waals surface area contributed by atoms with Gasteiger partial charge in [-0.3, -0.25) is 19.7 Å². The minimum Gasteiger partial charge on any atom is -0.450 e. The van der Waals surface area contributed by atoms with E-state index in [1.807, 2.05) is 0 Å². The van der Waals surface area contributed by atoms with Crippen LogP contribution in [-0.4, -0.2) is 65.4 Å². The monoisotopic (exact) mass is 486 g/mol. The van der Waals surface area contributed by atoms with Crippen LogP contribution in [-0.2, 0) is 9.53 Å². The number of nitro groups is 1. The summed E-state index contributed by atoms with van der Waals surface area (Å²) in [5, 5.41) is 13.8. The molecular weight excluding hydrogens is 464 g/mol. The van der Waals surface area contributed by atoms with E-state index in [1.165, 1.54) is 46.2 Å². The van der Waals surface area contributed by atoms with Crippen LogP contribution < -0.4 is 5.32 Å². The lowest BCUT2D eigenvalue weighted by Crippen LogP contribution is -2.52. The van der Waals surface area contributed by atoms with Crippen LogP contribution >= 0.6 is 11.6 Å². The summed E-state index contributed by atoms with van der Waals surface area (Å²) < 4.78 is 5.00. The molecule has 2 aromatic rings. The molecule has 0 bridgehead atoms. The third-order valence-corrected chi connectivity index (χ3v) is 5.43. The predicted octanol–water partition coefficient (Wildman–Crippen LogP) is 3.32. The summed E-state index contributed by atoms with van der Waals surface area (Å²) in [5.41, 5.74) is 0.556.